The van der Waals surface area contributed by atoms with E-state index < -0.39 is 0 Å². The second-order valence-electron chi connectivity index (χ2n) is 3.41. The van der Waals surface area contributed by atoms with E-state index in [4.69, 9.17) is 0 Å². The monoisotopic (exact) mass is 176 g/mol. The third-order valence-corrected chi connectivity index (χ3v) is 2.48. The van der Waals surface area contributed by atoms with E-state index in [2.05, 4.69) is 16.0 Å². The van der Waals surface area contributed by atoms with Crippen LogP contribution < -0.4 is 0 Å². The summed E-state index contributed by atoms with van der Waals surface area (Å²) in [6, 6.07) is 2.12. The lowest BCUT2D eigenvalue weighted by atomic mass is 9.98. The molecule has 1 N–H and O–H groups in total. The van der Waals surface area contributed by atoms with Crippen molar-refractivity contribution in [3.8, 4) is 0 Å². The van der Waals surface area contributed by atoms with Crippen LogP contribution in [0.15, 0.2) is 11.1 Å². The number of nitrogens with zero attached hydrogens (tertiary/aromatic N) is 1. The number of hydrogen-bond donors (Lipinski definition) is 1. The summed E-state index contributed by atoms with van der Waals surface area (Å²) in [4.78, 5) is 16.8. The maximum absolute atomic E-state index is 9.92. The normalized spacial score (nSPS) is 14.8. The Morgan fingerprint density at radius 3 is 3.08 bits per heavy atom. The van der Waals surface area contributed by atoms with Gasteiger partial charge in [0.15, 0.2) is 0 Å². The zero-order valence-corrected chi connectivity index (χ0v) is 7.47. The smallest absolute Gasteiger partial charge is 0.235 e. The molecule has 3 nitrogen and oxygen atoms in total. The van der Waals surface area contributed by atoms with Crippen LogP contribution in [0.3, 0.4) is 0 Å². The van der Waals surface area contributed by atoms with E-state index in [0.717, 1.165) is 18.5 Å². The molecule has 0 fully saturated rings. The summed E-state index contributed by atoms with van der Waals surface area (Å²) in [5.41, 5.74) is 3.78. The Bertz CT molecular complexity index is 324. The Morgan fingerprint density at radius 1 is 1.46 bits per heavy atom. The lowest BCUT2D eigenvalue weighted by molar-refractivity contribution is 0.562. The first-order valence-electron chi connectivity index (χ1n) is 4.63. The van der Waals surface area contributed by atoms with Gasteiger partial charge in [-0.15, -0.1) is 0 Å². The van der Waals surface area contributed by atoms with Crippen molar-refractivity contribution in [3.63, 3.8) is 0 Å². The Morgan fingerprint density at radius 2 is 2.31 bits per heavy atom. The van der Waals surface area contributed by atoms with E-state index in [1.165, 1.54) is 24.1 Å². The number of aromatic nitrogens is 1. The number of carbonyl (C=O) groups excluding carboxylic acids is 1. The molecule has 0 bridgehead atoms. The molecule has 1 aliphatic rings. The molecular formula is C10H12N2O. The molecule has 0 aromatic carbocycles. The number of aliphatic imine (C=N–C) groups is 1. The van der Waals surface area contributed by atoms with Crippen LogP contribution in [0.1, 0.15) is 29.8 Å². The van der Waals surface area contributed by atoms with Crippen LogP contribution in [0, 0.1) is 0 Å². The summed E-state index contributed by atoms with van der Waals surface area (Å²) < 4.78 is 0. The number of aryl methyl sites for hydroxylation is 2. The number of aromatic amines is 1. The molecular weight excluding hydrogens is 164 g/mol. The second-order valence-corrected chi connectivity index (χ2v) is 3.41. The molecule has 0 saturated heterocycles. The zero-order valence-electron chi connectivity index (χ0n) is 7.47. The molecule has 1 heterocycles. The van der Waals surface area contributed by atoms with Crippen LogP contribution in [0.5, 0.6) is 0 Å². The van der Waals surface area contributed by atoms with Crippen LogP contribution in [-0.4, -0.2) is 11.1 Å². The van der Waals surface area contributed by atoms with Gasteiger partial charge in [0.2, 0.25) is 6.08 Å². The largest absolute Gasteiger partial charge is 0.360 e. The van der Waals surface area contributed by atoms with Crippen molar-refractivity contribution in [2.75, 3.05) is 0 Å². The fraction of sp³-hybridized carbons (Fsp3) is 0.500. The average molecular weight is 176 g/mol. The molecule has 1 aliphatic carbocycles. The third kappa shape index (κ3) is 1.70. The van der Waals surface area contributed by atoms with Crippen LogP contribution in [0.4, 0.5) is 0 Å². The number of rotatable bonds is 2. The van der Waals surface area contributed by atoms with Crippen molar-refractivity contribution in [2.24, 2.45) is 4.99 Å². The van der Waals surface area contributed by atoms with Gasteiger partial charge in [-0.3, -0.25) is 0 Å². The van der Waals surface area contributed by atoms with Gasteiger partial charge >= 0.3 is 0 Å². The van der Waals surface area contributed by atoms with Crippen molar-refractivity contribution in [1.29, 1.82) is 0 Å². The number of isocyanates is 1. The third-order valence-electron chi connectivity index (χ3n) is 2.48. The first-order valence-corrected chi connectivity index (χ1v) is 4.63. The molecule has 0 radical (unpaired) electrons. The van der Waals surface area contributed by atoms with E-state index in [-0.39, 0.29) is 0 Å². The molecule has 13 heavy (non-hydrogen) atoms. The highest BCUT2D eigenvalue weighted by Crippen LogP contribution is 2.21. The minimum absolute atomic E-state index is 0.441. The summed E-state index contributed by atoms with van der Waals surface area (Å²) in [5.74, 6) is 0. The van der Waals surface area contributed by atoms with Gasteiger partial charge in [0.1, 0.15) is 0 Å². The van der Waals surface area contributed by atoms with Crippen molar-refractivity contribution in [2.45, 2.75) is 32.2 Å². The van der Waals surface area contributed by atoms with Gasteiger partial charge in [0, 0.05) is 11.4 Å². The Hall–Kier alpha value is -1.34. The number of H-pyrrole nitrogens is 1. The molecule has 2 rings (SSSR count). The first-order chi connectivity index (χ1) is 6.40. The maximum atomic E-state index is 9.92. The molecule has 68 valence electrons. The van der Waals surface area contributed by atoms with Gasteiger partial charge in [-0.25, -0.2) is 4.79 Å². The molecule has 0 amide bonds. The summed E-state index contributed by atoms with van der Waals surface area (Å²) in [5, 5.41) is 0. The predicted molar refractivity (Wildman–Crippen MR) is 49.3 cm³/mol. The molecule has 0 atom stereocenters. The number of nitrogens with one attached hydrogen (secondary N) is 1. The maximum Gasteiger partial charge on any atom is 0.235 e. The van der Waals surface area contributed by atoms with Crippen LogP contribution in [0.25, 0.3) is 0 Å². The molecule has 0 unspecified atom stereocenters. The van der Waals surface area contributed by atoms with Crippen molar-refractivity contribution in [1.82, 2.24) is 4.98 Å². The van der Waals surface area contributed by atoms with Gasteiger partial charge < -0.3 is 4.98 Å². The zero-order chi connectivity index (χ0) is 9.10. The van der Waals surface area contributed by atoms with E-state index >= 15 is 0 Å². The molecule has 1 aromatic rings. The Balaban J connectivity index is 2.19. The Labute approximate surface area is 76.9 Å². The minimum atomic E-state index is 0.441. The molecule has 0 spiro atoms. The van der Waals surface area contributed by atoms with E-state index in [0.29, 0.717) is 6.54 Å². The SMILES string of the molecule is O=C=NCc1cc2c([nH]1)CCCC2. The second kappa shape index (κ2) is 3.58. The van der Waals surface area contributed by atoms with Gasteiger partial charge in [-0.05, 0) is 37.3 Å². The van der Waals surface area contributed by atoms with Crippen molar-refractivity contribution < 1.29 is 4.79 Å². The van der Waals surface area contributed by atoms with Crippen LogP contribution in [0.2, 0.25) is 0 Å². The predicted octanol–water partition coefficient (Wildman–Crippen LogP) is 1.73. The van der Waals surface area contributed by atoms with Crippen molar-refractivity contribution >= 4 is 6.08 Å². The van der Waals surface area contributed by atoms with Gasteiger partial charge in [-0.2, -0.15) is 4.99 Å². The Kier molecular flexibility index (Phi) is 2.28. The lowest BCUT2D eigenvalue weighted by Crippen LogP contribution is -1.99. The highest BCUT2D eigenvalue weighted by molar-refractivity contribution is 5.34. The fourth-order valence-electron chi connectivity index (χ4n) is 1.87. The van der Waals surface area contributed by atoms with Crippen LogP contribution in [-0.2, 0) is 24.2 Å². The minimum Gasteiger partial charge on any atom is -0.360 e. The lowest BCUT2D eigenvalue weighted by Gasteiger charge is -2.08. The summed E-state index contributed by atoms with van der Waals surface area (Å²) in [6.45, 7) is 0.441. The summed E-state index contributed by atoms with van der Waals surface area (Å²) in [6.07, 6.45) is 6.40. The van der Waals surface area contributed by atoms with Gasteiger partial charge in [-0.1, -0.05) is 0 Å². The van der Waals surface area contributed by atoms with E-state index in [9.17, 15) is 4.79 Å². The molecule has 3 heteroatoms. The van der Waals surface area contributed by atoms with Gasteiger partial charge in [0.25, 0.3) is 0 Å². The van der Waals surface area contributed by atoms with Gasteiger partial charge in [0.05, 0.1) is 6.54 Å². The topological polar surface area (TPSA) is 45.2 Å². The molecule has 0 aliphatic heterocycles. The highest BCUT2D eigenvalue weighted by Gasteiger charge is 2.11. The van der Waals surface area contributed by atoms with Crippen LogP contribution >= 0.6 is 0 Å². The summed E-state index contributed by atoms with van der Waals surface area (Å²) in [7, 11) is 0. The highest BCUT2D eigenvalue weighted by atomic mass is 16.1. The quantitative estimate of drug-likeness (QED) is 0.541. The van der Waals surface area contributed by atoms with E-state index in [1.54, 1.807) is 6.08 Å². The first kappa shape index (κ1) is 8.27. The number of fused-ring (bicyclic) bond motifs is 1. The number of hydrogen-bond acceptors (Lipinski definition) is 2. The average Bonchev–Trinajstić information content (AvgIpc) is 2.57. The standard InChI is InChI=1S/C10H12N2O/c13-7-11-6-9-5-8-3-1-2-4-10(8)12-9/h5,12H,1-4,6H2. The molecule has 0 saturated carbocycles. The van der Waals surface area contributed by atoms with E-state index in [1.807, 2.05) is 0 Å². The summed E-state index contributed by atoms with van der Waals surface area (Å²) >= 11 is 0. The molecule has 1 aromatic heterocycles. The fourth-order valence-corrected chi connectivity index (χ4v) is 1.87. The van der Waals surface area contributed by atoms with Crippen molar-refractivity contribution in [3.05, 3.63) is 23.0 Å².